The van der Waals surface area contributed by atoms with Crippen molar-refractivity contribution < 1.29 is 49.6 Å². The first-order chi connectivity index (χ1) is 24.8. The largest absolute Gasteiger partial charge is 0.471 e. The fraction of sp³-hybridized carbons (Fsp3) is 0.615. The molecule has 0 radical (unpaired) electrons. The minimum atomic E-state index is -4.96. The first-order valence-corrected chi connectivity index (χ1v) is 19.6. The van der Waals surface area contributed by atoms with Crippen LogP contribution >= 0.6 is 0 Å². The van der Waals surface area contributed by atoms with Gasteiger partial charge in [-0.3, -0.25) is 13.8 Å². The van der Waals surface area contributed by atoms with Crippen molar-refractivity contribution in [3.05, 3.63) is 59.7 Å². The Morgan fingerprint density at radius 3 is 2.25 bits per heavy atom. The lowest BCUT2D eigenvalue weighted by Gasteiger charge is -2.62. The molecule has 0 aromatic heterocycles. The van der Waals surface area contributed by atoms with Gasteiger partial charge < -0.3 is 20.1 Å². The lowest BCUT2D eigenvalue weighted by Crippen LogP contribution is -2.63. The summed E-state index contributed by atoms with van der Waals surface area (Å²) < 4.78 is 81.2. The van der Waals surface area contributed by atoms with E-state index in [0.717, 1.165) is 31.2 Å². The number of amides is 1. The lowest BCUT2D eigenvalue weighted by molar-refractivity contribution is -0.207. The van der Waals surface area contributed by atoms with Gasteiger partial charge in [0.25, 0.3) is 10.1 Å². The van der Waals surface area contributed by atoms with Crippen LogP contribution in [0.3, 0.4) is 0 Å². The minimum Gasteiger partial charge on any atom is -0.460 e. The average Bonchev–Trinajstić information content (AvgIpc) is 3.51. The van der Waals surface area contributed by atoms with Gasteiger partial charge in [0.15, 0.2) is 6.61 Å². The molecule has 8 atom stereocenters. The van der Waals surface area contributed by atoms with Crippen molar-refractivity contribution in [3.8, 4) is 0 Å². The number of rotatable bonds is 12. The van der Waals surface area contributed by atoms with Gasteiger partial charge in [0.1, 0.15) is 11.9 Å². The van der Waals surface area contributed by atoms with Crippen molar-refractivity contribution in [2.24, 2.45) is 34.0 Å². The van der Waals surface area contributed by atoms with E-state index in [-0.39, 0.29) is 52.9 Å². The molecule has 2 aromatic carbocycles. The summed E-state index contributed by atoms with van der Waals surface area (Å²) in [4.78, 5) is 39.5. The molecule has 10 nitrogen and oxygen atoms in total. The van der Waals surface area contributed by atoms with E-state index in [2.05, 4.69) is 19.2 Å². The summed E-state index contributed by atoms with van der Waals surface area (Å²) in [5.41, 5.74) is 0.0990. The average molecular weight is 765 g/mol. The van der Waals surface area contributed by atoms with E-state index in [1.54, 1.807) is 43.5 Å². The van der Waals surface area contributed by atoms with Gasteiger partial charge in [-0.15, -0.1) is 0 Å². The first-order valence-electron chi connectivity index (χ1n) is 18.2. The number of hydrogen-bond donors (Lipinski definition) is 2. The van der Waals surface area contributed by atoms with Crippen LogP contribution in [0.5, 0.6) is 0 Å². The summed E-state index contributed by atoms with van der Waals surface area (Å²) in [6.07, 6.45) is -2.04. The molecule has 14 heteroatoms. The Labute approximate surface area is 310 Å². The molecule has 3 saturated carbocycles. The number of aryl methyl sites for hydroxylation is 1. The maximum atomic E-state index is 14.8. The predicted molar refractivity (Wildman–Crippen MR) is 191 cm³/mol. The number of anilines is 1. The number of Topliss-reactive ketones (excluding diaryl/α,β-unsaturated/α-hetero) is 1. The first kappa shape index (κ1) is 40.7. The zero-order chi connectivity index (χ0) is 39.0. The molecule has 53 heavy (non-hydrogen) atoms. The number of ether oxygens (including phenoxy) is 2. The van der Waals surface area contributed by atoms with Crippen molar-refractivity contribution >= 4 is 33.5 Å². The van der Waals surface area contributed by atoms with E-state index in [9.17, 15) is 36.0 Å². The van der Waals surface area contributed by atoms with Crippen LogP contribution in [0.2, 0.25) is 0 Å². The fourth-order valence-corrected chi connectivity index (χ4v) is 10.3. The highest BCUT2D eigenvalue weighted by molar-refractivity contribution is 7.86. The molecule has 3 aliphatic rings. The van der Waals surface area contributed by atoms with Crippen LogP contribution in [0.1, 0.15) is 77.3 Å². The maximum absolute atomic E-state index is 14.8. The van der Waals surface area contributed by atoms with Crippen LogP contribution in [0.15, 0.2) is 53.4 Å². The highest BCUT2D eigenvalue weighted by Gasteiger charge is 2.68. The summed E-state index contributed by atoms with van der Waals surface area (Å²) in [6.45, 7) is 9.31. The number of methoxy groups -OCH3 is 1. The summed E-state index contributed by atoms with van der Waals surface area (Å²) in [5, 5.41) is 5.16. The summed E-state index contributed by atoms with van der Waals surface area (Å²) in [7, 11) is -2.55. The molecule has 2 aromatic rings. The van der Waals surface area contributed by atoms with Crippen LogP contribution < -0.4 is 10.6 Å². The Morgan fingerprint density at radius 2 is 1.62 bits per heavy atom. The molecule has 5 rings (SSSR count). The fourth-order valence-electron chi connectivity index (χ4n) is 9.48. The van der Waals surface area contributed by atoms with Gasteiger partial charge in [0.2, 0.25) is 0 Å². The Hall–Kier alpha value is -3.49. The second-order valence-electron chi connectivity index (χ2n) is 15.7. The normalized spacial score (nSPS) is 31.6. The zero-order valence-electron chi connectivity index (χ0n) is 31.2. The van der Waals surface area contributed by atoms with Crippen LogP contribution in [0.25, 0.3) is 0 Å². The van der Waals surface area contributed by atoms with E-state index >= 15 is 0 Å². The Balaban J connectivity index is 1.37. The second-order valence-corrected chi connectivity index (χ2v) is 17.4. The van der Waals surface area contributed by atoms with Crippen molar-refractivity contribution in [1.29, 1.82) is 0 Å². The lowest BCUT2D eigenvalue weighted by atomic mass is 9.43. The second kappa shape index (κ2) is 15.3. The number of benzene rings is 2. The molecule has 2 bridgehead atoms. The third-order valence-corrected chi connectivity index (χ3v) is 14.0. The minimum absolute atomic E-state index is 0.0732. The van der Waals surface area contributed by atoms with Crippen molar-refractivity contribution in [1.82, 2.24) is 5.32 Å². The third kappa shape index (κ3) is 8.14. The molecule has 0 spiro atoms. The Kier molecular flexibility index (Phi) is 11.8. The quantitative estimate of drug-likeness (QED) is 0.178. The Morgan fingerprint density at radius 1 is 0.981 bits per heavy atom. The van der Waals surface area contributed by atoms with Crippen LogP contribution in [0.4, 0.5) is 18.9 Å². The van der Waals surface area contributed by atoms with Crippen LogP contribution in [-0.4, -0.2) is 64.7 Å². The number of hydrogen-bond acceptors (Lipinski definition) is 9. The number of esters is 1. The molecule has 2 N–H and O–H groups in total. The number of alkyl halides is 3. The molecule has 3 fully saturated rings. The van der Waals surface area contributed by atoms with E-state index in [1.165, 1.54) is 12.1 Å². The third-order valence-electron chi connectivity index (χ3n) is 12.7. The molecule has 3 aliphatic carbocycles. The molecular weight excluding hydrogens is 713 g/mol. The van der Waals surface area contributed by atoms with Crippen LogP contribution in [-0.2, 0) is 44.7 Å². The highest BCUT2D eigenvalue weighted by atomic mass is 32.2. The molecular formula is C39H51F3N2O8S. The predicted octanol–water partition coefficient (Wildman–Crippen LogP) is 6.76. The van der Waals surface area contributed by atoms with Gasteiger partial charge in [-0.25, -0.2) is 4.79 Å². The SMILES string of the molecule is CO[C@@H]1CC[C@]23CC[C@@H](C)[C@](C)([C@H]12)[C@H](OC(=O)COS(=O)(=O)c1ccc(C)cc1)C[C@](C)(CCNc1ccc(CNC(=O)C(F)(F)F)cc1)C(=O)[C@@H]3C. The summed E-state index contributed by atoms with van der Waals surface area (Å²) >= 11 is 0. The topological polar surface area (TPSA) is 137 Å². The number of carbonyl (C=O) groups excluding carboxylic acids is 3. The van der Waals surface area contributed by atoms with Gasteiger partial charge in [-0.1, -0.05) is 57.5 Å². The van der Waals surface area contributed by atoms with E-state index in [1.807, 2.05) is 26.1 Å². The van der Waals surface area contributed by atoms with Gasteiger partial charge in [-0.2, -0.15) is 21.6 Å². The van der Waals surface area contributed by atoms with E-state index in [0.29, 0.717) is 24.2 Å². The van der Waals surface area contributed by atoms with Gasteiger partial charge >= 0.3 is 18.1 Å². The number of nitrogens with one attached hydrogen (secondary N) is 2. The molecule has 292 valence electrons. The smallest absolute Gasteiger partial charge is 0.460 e. The Bertz CT molecular complexity index is 1770. The molecule has 0 aliphatic heterocycles. The van der Waals surface area contributed by atoms with Crippen molar-refractivity contribution in [2.45, 2.75) is 103 Å². The van der Waals surface area contributed by atoms with E-state index < -0.39 is 51.7 Å². The number of halogens is 3. The van der Waals surface area contributed by atoms with Gasteiger partial charge in [0, 0.05) is 48.6 Å². The molecule has 0 unspecified atom stereocenters. The van der Waals surface area contributed by atoms with Crippen molar-refractivity contribution in [2.75, 3.05) is 25.6 Å². The number of carbonyl (C=O) groups is 3. The molecule has 0 heterocycles. The van der Waals surface area contributed by atoms with Gasteiger partial charge in [-0.05, 0) is 86.6 Å². The standard InChI is InChI=1S/C39H51F3N2O8S/c1-24-7-13-29(14-8-24)53(48,49)51-23-32(45)52-31-21-36(4,19-20-43-28-11-9-27(10-12-28)22-44-35(47)39(40,41)42)34(46)26(3)38-17-15-25(2)37(31,5)33(38)30(50-6)16-18-38/h7-14,25-26,30-31,33,43H,15-23H2,1-6H3,(H,44,47)/t25-,26+,30-,31-,33+,36+,37+,38+/m1/s1. The molecule has 0 saturated heterocycles. The van der Waals surface area contributed by atoms with Crippen LogP contribution in [0, 0.1) is 40.9 Å². The monoisotopic (exact) mass is 764 g/mol. The zero-order valence-corrected chi connectivity index (χ0v) is 32.0. The van der Waals surface area contributed by atoms with E-state index in [4.69, 9.17) is 13.7 Å². The summed E-state index contributed by atoms with van der Waals surface area (Å²) in [6, 6.07) is 12.7. The van der Waals surface area contributed by atoms with Gasteiger partial charge in [0.05, 0.1) is 11.0 Å². The highest BCUT2D eigenvalue weighted by Crippen LogP contribution is 2.69. The molecule has 1 amide bonds. The van der Waals surface area contributed by atoms with Crippen molar-refractivity contribution in [3.63, 3.8) is 0 Å². The maximum Gasteiger partial charge on any atom is 0.471 e. The summed E-state index contributed by atoms with van der Waals surface area (Å²) in [5.74, 6) is -3.06. The number of ketones is 1.